The maximum absolute atomic E-state index is 12.5. The zero-order chi connectivity index (χ0) is 21.1. The number of hydrogen-bond donors (Lipinski definition) is 3. The number of aliphatic hydroxyl groups excluding tert-OH is 1. The van der Waals surface area contributed by atoms with E-state index in [0.29, 0.717) is 5.88 Å². The number of benzene rings is 1. The summed E-state index contributed by atoms with van der Waals surface area (Å²) in [7, 11) is 0. The number of pyridine rings is 1. The van der Waals surface area contributed by atoms with Crippen LogP contribution in [0, 0.1) is 11.3 Å². The minimum Gasteiger partial charge on any atom is -0.480 e. The molecule has 0 spiro atoms. The third-order valence-electron chi connectivity index (χ3n) is 4.62. The highest BCUT2D eigenvalue weighted by atomic mass is 16.5. The Balaban J connectivity index is 2.10. The van der Waals surface area contributed by atoms with E-state index in [2.05, 4.69) is 10.3 Å². The fraction of sp³-hybridized carbons (Fsp3) is 0.476. The van der Waals surface area contributed by atoms with Crippen molar-refractivity contribution in [1.29, 1.82) is 0 Å². The molecule has 1 heterocycles. The molecule has 0 saturated carbocycles. The molecular formula is C21H28N2O5. The molecule has 7 heteroatoms. The van der Waals surface area contributed by atoms with Crippen LogP contribution in [0.2, 0.25) is 0 Å². The van der Waals surface area contributed by atoms with Crippen molar-refractivity contribution >= 4 is 22.6 Å². The molecule has 2 rings (SSSR count). The van der Waals surface area contributed by atoms with Crippen LogP contribution in [0.3, 0.4) is 0 Å². The molecule has 3 N–H and O–H groups in total. The topological polar surface area (TPSA) is 109 Å². The Labute approximate surface area is 164 Å². The molecule has 2 unspecified atom stereocenters. The number of carbonyl (C=O) groups is 2. The maximum Gasteiger partial charge on any atom is 0.326 e. The summed E-state index contributed by atoms with van der Waals surface area (Å²) in [6.07, 6.45) is 1.09. The first kappa shape index (κ1) is 21.6. The van der Waals surface area contributed by atoms with Crippen LogP contribution < -0.4 is 10.1 Å². The minimum absolute atomic E-state index is 0.0396. The number of rotatable bonds is 8. The number of ether oxygens (including phenoxy) is 1. The summed E-state index contributed by atoms with van der Waals surface area (Å²) in [4.78, 5) is 28.1. The fourth-order valence-electron chi connectivity index (χ4n) is 2.65. The number of carboxylic acid groups (broad SMARTS) is 1. The van der Waals surface area contributed by atoms with Gasteiger partial charge < -0.3 is 20.3 Å². The Morgan fingerprint density at radius 2 is 1.86 bits per heavy atom. The second-order valence-corrected chi connectivity index (χ2v) is 8.01. The maximum atomic E-state index is 12.5. The van der Waals surface area contributed by atoms with Gasteiger partial charge in [0.05, 0.1) is 11.5 Å². The summed E-state index contributed by atoms with van der Waals surface area (Å²) >= 11 is 0. The van der Waals surface area contributed by atoms with Gasteiger partial charge in [-0.1, -0.05) is 26.0 Å². The molecule has 28 heavy (non-hydrogen) atoms. The highest BCUT2D eigenvalue weighted by Crippen LogP contribution is 2.24. The molecule has 0 bridgehead atoms. The second-order valence-electron chi connectivity index (χ2n) is 8.01. The van der Waals surface area contributed by atoms with E-state index in [1.54, 1.807) is 46.9 Å². The molecule has 152 valence electrons. The van der Waals surface area contributed by atoms with Crippen molar-refractivity contribution in [2.45, 2.75) is 46.8 Å². The summed E-state index contributed by atoms with van der Waals surface area (Å²) in [6.45, 7) is 8.59. The van der Waals surface area contributed by atoms with Crippen LogP contribution in [-0.4, -0.2) is 39.7 Å². The molecule has 7 nitrogen and oxygen atoms in total. The van der Waals surface area contributed by atoms with Gasteiger partial charge in [-0.2, -0.15) is 0 Å². The van der Waals surface area contributed by atoms with Crippen molar-refractivity contribution in [2.75, 3.05) is 6.61 Å². The van der Waals surface area contributed by atoms with Gasteiger partial charge in [0.15, 0.2) is 0 Å². The summed E-state index contributed by atoms with van der Waals surface area (Å²) in [6, 6.07) is 6.39. The van der Waals surface area contributed by atoms with E-state index in [1.807, 2.05) is 18.2 Å². The largest absolute Gasteiger partial charge is 0.480 e. The van der Waals surface area contributed by atoms with E-state index in [0.717, 1.165) is 16.3 Å². The number of carbonyl (C=O) groups excluding carboxylic acids is 1. The number of nitrogens with zero attached hydrogens (tertiary/aromatic N) is 1. The molecule has 0 aliphatic heterocycles. The summed E-state index contributed by atoms with van der Waals surface area (Å²) in [5.74, 6) is -1.34. The first-order chi connectivity index (χ1) is 13.0. The van der Waals surface area contributed by atoms with Crippen molar-refractivity contribution in [3.8, 4) is 5.88 Å². The molecule has 1 amide bonds. The third kappa shape index (κ3) is 5.19. The number of nitrogens with one attached hydrogen (secondary N) is 1. The lowest BCUT2D eigenvalue weighted by Crippen LogP contribution is -2.50. The normalized spacial score (nSPS) is 14.0. The van der Waals surface area contributed by atoms with Gasteiger partial charge >= 0.3 is 5.97 Å². The van der Waals surface area contributed by atoms with Crippen molar-refractivity contribution in [2.24, 2.45) is 11.3 Å². The highest BCUT2D eigenvalue weighted by Gasteiger charge is 2.33. The molecule has 0 aliphatic rings. The van der Waals surface area contributed by atoms with Crippen molar-refractivity contribution in [3.05, 3.63) is 36.0 Å². The predicted octanol–water partition coefficient (Wildman–Crippen LogP) is 2.92. The standard InChI is InChI=1S/C21H28N2O5/c1-12(2)18(19(25)26)23-20(27)21(4,5)11-28-17-9-16-8-14(13(3)24)6-7-15(16)10-22-17/h6-10,12-13,18,24H,11H2,1-5H3,(H,23,27)(H,25,26). The van der Waals surface area contributed by atoms with Gasteiger partial charge in [0.25, 0.3) is 0 Å². The number of fused-ring (bicyclic) bond motifs is 1. The average Bonchev–Trinajstić information content (AvgIpc) is 2.62. The molecular weight excluding hydrogens is 360 g/mol. The lowest BCUT2D eigenvalue weighted by atomic mass is 9.92. The van der Waals surface area contributed by atoms with Crippen LogP contribution >= 0.6 is 0 Å². The Morgan fingerprint density at radius 1 is 1.18 bits per heavy atom. The van der Waals surface area contributed by atoms with Crippen molar-refractivity contribution in [1.82, 2.24) is 10.3 Å². The van der Waals surface area contributed by atoms with Gasteiger partial charge in [-0.05, 0) is 43.7 Å². The van der Waals surface area contributed by atoms with Crippen LogP contribution in [0.5, 0.6) is 5.88 Å². The average molecular weight is 388 g/mol. The van der Waals surface area contributed by atoms with Gasteiger partial charge in [-0.25, -0.2) is 9.78 Å². The van der Waals surface area contributed by atoms with Crippen LogP contribution in [0.1, 0.15) is 46.3 Å². The summed E-state index contributed by atoms with van der Waals surface area (Å²) < 4.78 is 5.72. The Hall–Kier alpha value is -2.67. The van der Waals surface area contributed by atoms with Gasteiger partial charge in [0.1, 0.15) is 12.6 Å². The number of carboxylic acids is 1. The number of aliphatic hydroxyl groups is 1. The molecule has 1 aromatic carbocycles. The third-order valence-corrected chi connectivity index (χ3v) is 4.62. The van der Waals surface area contributed by atoms with Gasteiger partial charge in [0.2, 0.25) is 11.8 Å². The number of hydrogen-bond acceptors (Lipinski definition) is 5. The molecule has 1 aromatic heterocycles. The van der Waals surface area contributed by atoms with Crippen molar-refractivity contribution in [3.63, 3.8) is 0 Å². The van der Waals surface area contributed by atoms with E-state index in [4.69, 9.17) is 4.74 Å². The van der Waals surface area contributed by atoms with Crippen LogP contribution in [0.4, 0.5) is 0 Å². The fourth-order valence-corrected chi connectivity index (χ4v) is 2.65. The molecule has 0 fully saturated rings. The molecule has 2 aromatic rings. The minimum atomic E-state index is -1.06. The first-order valence-electron chi connectivity index (χ1n) is 9.25. The summed E-state index contributed by atoms with van der Waals surface area (Å²) in [5, 5.41) is 23.4. The predicted molar refractivity (Wildman–Crippen MR) is 106 cm³/mol. The zero-order valence-corrected chi connectivity index (χ0v) is 16.9. The van der Waals surface area contributed by atoms with E-state index in [-0.39, 0.29) is 12.5 Å². The lowest BCUT2D eigenvalue weighted by molar-refractivity contribution is -0.145. The van der Waals surface area contributed by atoms with Gasteiger partial charge in [0, 0.05) is 17.6 Å². The first-order valence-corrected chi connectivity index (χ1v) is 9.25. The quantitative estimate of drug-likeness (QED) is 0.642. The second kappa shape index (κ2) is 8.56. The van der Waals surface area contributed by atoms with Crippen LogP contribution in [0.25, 0.3) is 10.8 Å². The monoisotopic (exact) mass is 388 g/mol. The van der Waals surface area contributed by atoms with Crippen molar-refractivity contribution < 1.29 is 24.5 Å². The molecule has 0 saturated heterocycles. The van der Waals surface area contributed by atoms with E-state index in [9.17, 15) is 19.8 Å². The Kier molecular flexibility index (Phi) is 6.61. The van der Waals surface area contributed by atoms with Crippen LogP contribution in [0.15, 0.2) is 30.5 Å². The summed E-state index contributed by atoms with van der Waals surface area (Å²) in [5.41, 5.74) is -0.154. The zero-order valence-electron chi connectivity index (χ0n) is 16.9. The van der Waals surface area contributed by atoms with E-state index >= 15 is 0 Å². The van der Waals surface area contributed by atoms with E-state index < -0.39 is 29.4 Å². The van der Waals surface area contributed by atoms with Gasteiger partial charge in [-0.3, -0.25) is 4.79 Å². The SMILES string of the molecule is CC(O)c1ccc2cnc(OCC(C)(C)C(=O)NC(C(=O)O)C(C)C)cc2c1. The Morgan fingerprint density at radius 3 is 2.43 bits per heavy atom. The lowest BCUT2D eigenvalue weighted by Gasteiger charge is -2.27. The number of aliphatic carboxylic acids is 1. The molecule has 2 atom stereocenters. The van der Waals surface area contributed by atoms with Gasteiger partial charge in [-0.15, -0.1) is 0 Å². The van der Waals surface area contributed by atoms with Crippen LogP contribution in [-0.2, 0) is 9.59 Å². The Bertz CT molecular complexity index is 861. The highest BCUT2D eigenvalue weighted by molar-refractivity contribution is 5.87. The molecule has 0 radical (unpaired) electrons. The number of aromatic nitrogens is 1. The molecule has 0 aliphatic carbocycles. The van der Waals surface area contributed by atoms with E-state index in [1.165, 1.54) is 0 Å². The number of amides is 1. The smallest absolute Gasteiger partial charge is 0.326 e.